The Morgan fingerprint density at radius 1 is 0.220 bits per heavy atom. The van der Waals surface area contributed by atoms with E-state index in [0.29, 0.717) is 5.82 Å². The van der Waals surface area contributed by atoms with E-state index in [1.54, 1.807) is 0 Å². The molecule has 14 rings (SSSR count). The number of aryl methyl sites for hydroxylation is 8. The number of aromatic nitrogens is 4. The number of benzene rings is 11. The van der Waals surface area contributed by atoms with Crippen LogP contribution in [0.5, 0.6) is 0 Å². The fourth-order valence-electron chi connectivity index (χ4n) is 13.0. The van der Waals surface area contributed by atoms with Crippen LogP contribution in [0.3, 0.4) is 0 Å². The highest BCUT2D eigenvalue weighted by atomic mass is 15.0. The SMILES string of the molecule is Cc1cc(C)cc(-c2ccc3c(c2)c2cc(-c4cc(C)cc(C)c4)ccc2n3-c2cc(-c3nc(-c4ccccc4)cc(-c4ccccc4)n3)cc(-n3c4ccc(-c5cc(C)cc(C)c5)cc4c4cc(-c5cc(C)cc(C)c5)ccc43)c2)c1. The van der Waals surface area contributed by atoms with Crippen molar-refractivity contribution in [2.75, 3.05) is 0 Å². The van der Waals surface area contributed by atoms with Gasteiger partial charge in [-0.15, -0.1) is 0 Å². The van der Waals surface area contributed by atoms with Crippen molar-refractivity contribution in [3.8, 4) is 89.8 Å². The van der Waals surface area contributed by atoms with Crippen LogP contribution in [0.1, 0.15) is 44.5 Å². The zero-order valence-electron chi connectivity index (χ0n) is 47.7. The van der Waals surface area contributed by atoms with E-state index in [1.165, 1.54) is 111 Å². The predicted octanol–water partition coefficient (Wildman–Crippen LogP) is 20.8. The first-order chi connectivity index (χ1) is 39.8. The summed E-state index contributed by atoms with van der Waals surface area (Å²) in [4.78, 5) is 11.0. The van der Waals surface area contributed by atoms with Crippen LogP contribution in [0.4, 0.5) is 0 Å². The number of rotatable bonds is 9. The third-order valence-electron chi connectivity index (χ3n) is 16.3. The molecule has 3 heterocycles. The lowest BCUT2D eigenvalue weighted by Gasteiger charge is -2.17. The highest BCUT2D eigenvalue weighted by molar-refractivity contribution is 6.13. The van der Waals surface area contributed by atoms with E-state index >= 15 is 0 Å². The van der Waals surface area contributed by atoms with Gasteiger partial charge in [-0.05, 0) is 173 Å². The first-order valence-electron chi connectivity index (χ1n) is 28.5. The van der Waals surface area contributed by atoms with Crippen molar-refractivity contribution >= 4 is 43.6 Å². The van der Waals surface area contributed by atoms with Gasteiger partial charge in [0.05, 0.1) is 33.5 Å². The molecule has 0 aliphatic heterocycles. The number of fused-ring (bicyclic) bond motifs is 6. The minimum absolute atomic E-state index is 0.647. The van der Waals surface area contributed by atoms with E-state index < -0.39 is 0 Å². The summed E-state index contributed by atoms with van der Waals surface area (Å²) in [6.07, 6.45) is 0. The van der Waals surface area contributed by atoms with Gasteiger partial charge in [-0.2, -0.15) is 0 Å². The van der Waals surface area contributed by atoms with Crippen LogP contribution in [-0.4, -0.2) is 19.1 Å². The average Bonchev–Trinajstić information content (AvgIpc) is 3.07. The van der Waals surface area contributed by atoms with Crippen LogP contribution in [0.15, 0.2) is 231 Å². The molecule has 14 aromatic rings. The van der Waals surface area contributed by atoms with Gasteiger partial charge in [0, 0.05) is 49.6 Å². The van der Waals surface area contributed by atoms with Gasteiger partial charge in [0.2, 0.25) is 0 Å². The number of nitrogens with zero attached hydrogens (tertiary/aromatic N) is 4. The van der Waals surface area contributed by atoms with E-state index in [0.717, 1.165) is 61.5 Å². The van der Waals surface area contributed by atoms with Gasteiger partial charge in [0.15, 0.2) is 5.82 Å². The highest BCUT2D eigenvalue weighted by Crippen LogP contribution is 2.43. The van der Waals surface area contributed by atoms with Gasteiger partial charge in [0.25, 0.3) is 0 Å². The van der Waals surface area contributed by atoms with Crippen LogP contribution in [0.2, 0.25) is 0 Å². The molecule has 82 heavy (non-hydrogen) atoms. The molecule has 0 N–H and O–H groups in total. The summed E-state index contributed by atoms with van der Waals surface area (Å²) in [5.74, 6) is 0.647. The third kappa shape index (κ3) is 9.26. The summed E-state index contributed by atoms with van der Waals surface area (Å²) in [7, 11) is 0. The molecule has 4 heteroatoms. The van der Waals surface area contributed by atoms with Gasteiger partial charge in [0.1, 0.15) is 0 Å². The maximum Gasteiger partial charge on any atom is 0.160 e. The molecule has 0 radical (unpaired) electrons. The van der Waals surface area contributed by atoms with Crippen LogP contribution >= 0.6 is 0 Å². The Balaban J connectivity index is 1.08. The molecule has 11 aromatic carbocycles. The summed E-state index contributed by atoms with van der Waals surface area (Å²) >= 11 is 0. The van der Waals surface area contributed by atoms with Crippen molar-refractivity contribution in [2.45, 2.75) is 55.4 Å². The molecule has 0 atom stereocenters. The first kappa shape index (κ1) is 50.3. The lowest BCUT2D eigenvalue weighted by Crippen LogP contribution is -2.02. The Kier molecular flexibility index (Phi) is 12.3. The highest BCUT2D eigenvalue weighted by Gasteiger charge is 2.22. The van der Waals surface area contributed by atoms with Crippen LogP contribution in [0.25, 0.3) is 133 Å². The van der Waals surface area contributed by atoms with Gasteiger partial charge in [-0.1, -0.05) is 202 Å². The molecule has 0 unspecified atom stereocenters. The van der Waals surface area contributed by atoms with Crippen molar-refractivity contribution in [3.63, 3.8) is 0 Å². The molecule has 394 valence electrons. The molecule has 0 amide bonds. The minimum atomic E-state index is 0.647. The molecular formula is C78H62N4. The Morgan fingerprint density at radius 2 is 0.500 bits per heavy atom. The third-order valence-corrected chi connectivity index (χ3v) is 16.3. The second kappa shape index (κ2) is 20.0. The Morgan fingerprint density at radius 3 is 0.780 bits per heavy atom. The molecular weight excluding hydrogens is 993 g/mol. The molecule has 0 aliphatic rings. The van der Waals surface area contributed by atoms with E-state index in [2.05, 4.69) is 295 Å². The monoisotopic (exact) mass is 1050 g/mol. The molecule has 4 nitrogen and oxygen atoms in total. The molecule has 0 spiro atoms. The fourth-order valence-corrected chi connectivity index (χ4v) is 13.0. The molecule has 0 saturated heterocycles. The van der Waals surface area contributed by atoms with Crippen molar-refractivity contribution in [3.05, 3.63) is 275 Å². The zero-order valence-corrected chi connectivity index (χ0v) is 47.7. The van der Waals surface area contributed by atoms with Gasteiger partial charge >= 0.3 is 0 Å². The average molecular weight is 1060 g/mol. The Labute approximate surface area is 480 Å². The van der Waals surface area contributed by atoms with Gasteiger partial charge < -0.3 is 9.13 Å². The predicted molar refractivity (Wildman–Crippen MR) is 347 cm³/mol. The first-order valence-corrected chi connectivity index (χ1v) is 28.5. The normalized spacial score (nSPS) is 11.7. The number of hydrogen-bond donors (Lipinski definition) is 0. The topological polar surface area (TPSA) is 35.6 Å². The quantitative estimate of drug-likeness (QED) is 0.144. The van der Waals surface area contributed by atoms with Gasteiger partial charge in [-0.25, -0.2) is 9.97 Å². The van der Waals surface area contributed by atoms with E-state index in [-0.39, 0.29) is 0 Å². The maximum absolute atomic E-state index is 5.50. The molecule has 0 saturated carbocycles. The summed E-state index contributed by atoms with van der Waals surface area (Å²) < 4.78 is 4.94. The van der Waals surface area contributed by atoms with Crippen molar-refractivity contribution in [2.24, 2.45) is 0 Å². The maximum atomic E-state index is 5.50. The largest absolute Gasteiger partial charge is 0.309 e. The minimum Gasteiger partial charge on any atom is -0.309 e. The Bertz CT molecular complexity index is 4280. The summed E-state index contributed by atoms with van der Waals surface area (Å²) in [6, 6.07) is 85.7. The molecule has 0 aliphatic carbocycles. The van der Waals surface area contributed by atoms with Crippen molar-refractivity contribution in [1.29, 1.82) is 0 Å². The van der Waals surface area contributed by atoms with E-state index in [9.17, 15) is 0 Å². The zero-order chi connectivity index (χ0) is 55.9. The second-order valence-corrected chi connectivity index (χ2v) is 23.0. The van der Waals surface area contributed by atoms with E-state index in [1.807, 2.05) is 0 Å². The van der Waals surface area contributed by atoms with Gasteiger partial charge in [-0.3, -0.25) is 0 Å². The number of hydrogen-bond acceptors (Lipinski definition) is 2. The van der Waals surface area contributed by atoms with Crippen LogP contribution < -0.4 is 0 Å². The standard InChI is InChI=1S/C78H62N4/c1-47-27-48(2)32-61(31-47)57-19-23-74-68(41-57)69-42-58(62-33-49(3)28-50(4)34-62)20-24-75(69)81(74)66-39-65(78-79-72(55-15-11-9-12-16-55)46-73(80-78)56-17-13-10-14-18-56)40-67(45-66)82-76-25-21-59(63-35-51(5)29-52(6)36-63)43-70(76)71-44-60(22-26-77(71)82)64-37-53(7)30-54(8)38-64/h9-46H,1-8H3. The fraction of sp³-hybridized carbons (Fsp3) is 0.103. The lowest BCUT2D eigenvalue weighted by atomic mass is 9.97. The molecule has 0 fully saturated rings. The molecule has 3 aromatic heterocycles. The van der Waals surface area contributed by atoms with Crippen LogP contribution in [0, 0.1) is 55.4 Å². The van der Waals surface area contributed by atoms with Crippen molar-refractivity contribution < 1.29 is 0 Å². The van der Waals surface area contributed by atoms with Crippen molar-refractivity contribution in [1.82, 2.24) is 19.1 Å². The molecule has 0 bridgehead atoms. The lowest BCUT2D eigenvalue weighted by molar-refractivity contribution is 1.12. The second-order valence-electron chi connectivity index (χ2n) is 23.0. The Hall–Kier alpha value is -9.90. The summed E-state index contributed by atoms with van der Waals surface area (Å²) in [6.45, 7) is 17.5. The van der Waals surface area contributed by atoms with E-state index in [4.69, 9.17) is 9.97 Å². The smallest absolute Gasteiger partial charge is 0.160 e. The summed E-state index contributed by atoms with van der Waals surface area (Å²) in [5, 5.41) is 4.75. The van der Waals surface area contributed by atoms with Crippen LogP contribution in [-0.2, 0) is 0 Å². The summed E-state index contributed by atoms with van der Waals surface area (Å²) in [5.41, 5.74) is 30.8.